The smallest absolute Gasteiger partial charge is 0.180 e. The lowest BCUT2D eigenvalue weighted by Gasteiger charge is -2.17. The van der Waals surface area contributed by atoms with Crippen LogP contribution < -0.4 is 9.47 Å². The van der Waals surface area contributed by atoms with Crippen LogP contribution in [-0.2, 0) is 0 Å². The third-order valence-corrected chi connectivity index (χ3v) is 4.52. The second-order valence-electron chi connectivity index (χ2n) is 6.16. The Morgan fingerprint density at radius 3 is 2.58 bits per heavy atom. The number of ether oxygens (including phenoxy) is 2. The van der Waals surface area contributed by atoms with Crippen LogP contribution in [0.4, 0.5) is 5.69 Å². The first-order valence-corrected chi connectivity index (χ1v) is 9.05. The van der Waals surface area contributed by atoms with Crippen molar-refractivity contribution < 1.29 is 9.47 Å². The van der Waals surface area contributed by atoms with Crippen molar-refractivity contribution >= 4 is 34.3 Å². The number of hydrogen-bond donors (Lipinski definition) is 0. The Morgan fingerprint density at radius 2 is 1.85 bits per heavy atom. The lowest BCUT2D eigenvalue weighted by Crippen LogP contribution is -2.11. The molecule has 0 saturated heterocycles. The average molecular weight is 368 g/mol. The number of fused-ring (bicyclic) bond motifs is 1. The lowest BCUT2D eigenvalue weighted by molar-refractivity contribution is 0.208. The lowest BCUT2D eigenvalue weighted by atomic mass is 10.1. The number of halogens is 1. The number of benzene rings is 3. The molecule has 0 fully saturated rings. The van der Waals surface area contributed by atoms with Gasteiger partial charge in [0, 0.05) is 6.21 Å². The van der Waals surface area contributed by atoms with Gasteiger partial charge >= 0.3 is 0 Å². The van der Waals surface area contributed by atoms with E-state index in [0.717, 1.165) is 23.1 Å². The number of methoxy groups -OCH3 is 1. The Kier molecular flexibility index (Phi) is 5.79. The molecule has 0 aliphatic heterocycles. The molecule has 0 heterocycles. The molecule has 0 unspecified atom stereocenters. The summed E-state index contributed by atoms with van der Waals surface area (Å²) in [6, 6.07) is 18.1. The van der Waals surface area contributed by atoms with E-state index in [-0.39, 0.29) is 6.10 Å². The predicted octanol–water partition coefficient (Wildman–Crippen LogP) is 6.43. The van der Waals surface area contributed by atoms with Gasteiger partial charge in [-0.15, -0.1) is 0 Å². The normalized spacial score (nSPS) is 12.5. The van der Waals surface area contributed by atoms with E-state index in [0.29, 0.717) is 16.5 Å². The zero-order valence-corrected chi connectivity index (χ0v) is 16.0. The average Bonchev–Trinajstić information content (AvgIpc) is 2.67. The van der Waals surface area contributed by atoms with Gasteiger partial charge in [0.15, 0.2) is 11.5 Å². The Labute approximate surface area is 159 Å². The molecule has 0 amide bonds. The minimum Gasteiger partial charge on any atom is -0.493 e. The number of nitrogens with zero attached hydrogens (tertiary/aromatic N) is 1. The first kappa shape index (κ1) is 18.3. The molecule has 0 aromatic heterocycles. The molecule has 0 saturated carbocycles. The molecule has 3 nitrogen and oxygen atoms in total. The molecule has 4 heteroatoms. The maximum atomic E-state index is 6.41. The van der Waals surface area contributed by atoms with E-state index in [4.69, 9.17) is 21.1 Å². The molecule has 3 aromatic carbocycles. The van der Waals surface area contributed by atoms with E-state index in [1.54, 1.807) is 13.3 Å². The molecule has 0 spiro atoms. The van der Waals surface area contributed by atoms with Gasteiger partial charge in [-0.25, -0.2) is 0 Å². The van der Waals surface area contributed by atoms with Gasteiger partial charge in [-0.1, -0.05) is 48.9 Å². The van der Waals surface area contributed by atoms with Crippen LogP contribution >= 0.6 is 11.6 Å². The summed E-state index contributed by atoms with van der Waals surface area (Å²) in [5, 5.41) is 2.88. The molecular weight excluding hydrogens is 346 g/mol. The summed E-state index contributed by atoms with van der Waals surface area (Å²) in [5.74, 6) is 1.18. The van der Waals surface area contributed by atoms with E-state index in [1.165, 1.54) is 5.39 Å². The third-order valence-electron chi connectivity index (χ3n) is 4.24. The second kappa shape index (κ2) is 8.24. The van der Waals surface area contributed by atoms with Crippen molar-refractivity contribution in [3.05, 3.63) is 65.2 Å². The van der Waals surface area contributed by atoms with Crippen LogP contribution in [0, 0.1) is 0 Å². The molecule has 0 radical (unpaired) electrons. The van der Waals surface area contributed by atoms with Crippen LogP contribution in [-0.4, -0.2) is 19.4 Å². The van der Waals surface area contributed by atoms with Crippen LogP contribution in [0.3, 0.4) is 0 Å². The summed E-state index contributed by atoms with van der Waals surface area (Å²) in [6.07, 6.45) is 2.74. The van der Waals surface area contributed by atoms with Gasteiger partial charge in [-0.3, -0.25) is 4.99 Å². The van der Waals surface area contributed by atoms with Gasteiger partial charge in [0.25, 0.3) is 0 Å². The van der Waals surface area contributed by atoms with Crippen LogP contribution in [0.15, 0.2) is 59.6 Å². The molecule has 0 aliphatic carbocycles. The maximum Gasteiger partial charge on any atom is 0.180 e. The summed E-state index contributed by atoms with van der Waals surface area (Å²) in [7, 11) is 1.61. The minimum absolute atomic E-state index is 0.0681. The molecule has 0 aliphatic rings. The highest BCUT2D eigenvalue weighted by Crippen LogP contribution is 2.37. The molecule has 134 valence electrons. The SMILES string of the molecule is CC[C@@H](C)Oc1c(Cl)cc(C=Nc2ccc3ccccc3c2)cc1OC. The first-order valence-electron chi connectivity index (χ1n) is 8.67. The van der Waals surface area contributed by atoms with Gasteiger partial charge < -0.3 is 9.47 Å². The molecular formula is C22H22ClNO2. The van der Waals surface area contributed by atoms with Crippen molar-refractivity contribution in [1.82, 2.24) is 0 Å². The Balaban J connectivity index is 1.88. The fourth-order valence-electron chi connectivity index (χ4n) is 2.62. The fourth-order valence-corrected chi connectivity index (χ4v) is 2.88. The van der Waals surface area contributed by atoms with E-state index in [9.17, 15) is 0 Å². The van der Waals surface area contributed by atoms with Gasteiger partial charge in [0.05, 0.1) is 23.9 Å². The molecule has 3 aromatic rings. The Morgan fingerprint density at radius 1 is 1.08 bits per heavy atom. The molecule has 0 bridgehead atoms. The Bertz CT molecular complexity index is 937. The van der Waals surface area contributed by atoms with Crippen molar-refractivity contribution in [2.75, 3.05) is 7.11 Å². The van der Waals surface area contributed by atoms with Crippen LogP contribution in [0.25, 0.3) is 10.8 Å². The molecule has 26 heavy (non-hydrogen) atoms. The summed E-state index contributed by atoms with van der Waals surface area (Å²) in [5.41, 5.74) is 1.75. The number of rotatable bonds is 6. The van der Waals surface area contributed by atoms with Crippen LogP contribution in [0.5, 0.6) is 11.5 Å². The van der Waals surface area contributed by atoms with Crippen LogP contribution in [0.2, 0.25) is 5.02 Å². The summed E-state index contributed by atoms with van der Waals surface area (Å²) < 4.78 is 11.3. The standard InChI is InChI=1S/C22H22ClNO2/c1-4-15(2)26-22-20(23)11-16(12-21(22)25-3)14-24-19-10-9-17-7-5-6-8-18(17)13-19/h5-15H,4H2,1-3H3/t15-/m1/s1. The highest BCUT2D eigenvalue weighted by Gasteiger charge is 2.14. The van der Waals surface area contributed by atoms with Gasteiger partial charge in [0.1, 0.15) is 0 Å². The zero-order chi connectivity index (χ0) is 18.5. The topological polar surface area (TPSA) is 30.8 Å². The number of hydrogen-bond acceptors (Lipinski definition) is 3. The molecule has 1 atom stereocenters. The second-order valence-corrected chi connectivity index (χ2v) is 6.57. The largest absolute Gasteiger partial charge is 0.493 e. The van der Waals surface area contributed by atoms with Crippen molar-refractivity contribution in [1.29, 1.82) is 0 Å². The van der Waals surface area contributed by atoms with Crippen LogP contribution in [0.1, 0.15) is 25.8 Å². The monoisotopic (exact) mass is 367 g/mol. The van der Waals surface area contributed by atoms with Crippen molar-refractivity contribution in [3.63, 3.8) is 0 Å². The molecule has 0 N–H and O–H groups in total. The summed E-state index contributed by atoms with van der Waals surface area (Å²) in [6.45, 7) is 4.07. The van der Waals surface area contributed by atoms with E-state index >= 15 is 0 Å². The van der Waals surface area contributed by atoms with Crippen molar-refractivity contribution in [2.24, 2.45) is 4.99 Å². The fraction of sp³-hybridized carbons (Fsp3) is 0.227. The van der Waals surface area contributed by atoms with Gasteiger partial charge in [-0.05, 0) is 53.9 Å². The summed E-state index contributed by atoms with van der Waals surface area (Å²) >= 11 is 6.41. The van der Waals surface area contributed by atoms with E-state index < -0.39 is 0 Å². The van der Waals surface area contributed by atoms with Crippen molar-refractivity contribution in [2.45, 2.75) is 26.4 Å². The Hall–Kier alpha value is -2.52. The highest BCUT2D eigenvalue weighted by atomic mass is 35.5. The maximum absolute atomic E-state index is 6.41. The minimum atomic E-state index is 0.0681. The van der Waals surface area contributed by atoms with E-state index in [1.807, 2.05) is 37.3 Å². The molecule has 3 rings (SSSR count). The van der Waals surface area contributed by atoms with Gasteiger partial charge in [-0.2, -0.15) is 0 Å². The van der Waals surface area contributed by atoms with Crippen molar-refractivity contribution in [3.8, 4) is 11.5 Å². The predicted molar refractivity (Wildman–Crippen MR) is 110 cm³/mol. The summed E-state index contributed by atoms with van der Waals surface area (Å²) in [4.78, 5) is 4.57. The van der Waals surface area contributed by atoms with Gasteiger partial charge in [0.2, 0.25) is 0 Å². The first-order chi connectivity index (χ1) is 12.6. The zero-order valence-electron chi connectivity index (χ0n) is 15.2. The van der Waals surface area contributed by atoms with E-state index in [2.05, 4.69) is 36.2 Å². The number of aliphatic imine (C=N–C) groups is 1. The third kappa shape index (κ3) is 4.17. The highest BCUT2D eigenvalue weighted by molar-refractivity contribution is 6.32. The quantitative estimate of drug-likeness (QED) is 0.470.